The second-order valence-corrected chi connectivity index (χ2v) is 7.43. The normalized spacial score (nSPS) is 11.0. The van der Waals surface area contributed by atoms with Gasteiger partial charge in [-0.3, -0.25) is 14.3 Å². The van der Waals surface area contributed by atoms with Crippen LogP contribution in [0.25, 0.3) is 16.6 Å². The minimum atomic E-state index is -0.272. The molecule has 4 rings (SSSR count). The van der Waals surface area contributed by atoms with Crippen molar-refractivity contribution >= 4 is 16.9 Å². The number of aromatic nitrogens is 3. The third kappa shape index (κ3) is 3.58. The van der Waals surface area contributed by atoms with Gasteiger partial charge >= 0.3 is 0 Å². The summed E-state index contributed by atoms with van der Waals surface area (Å²) in [4.78, 5) is 22.1. The SMILES string of the molecule is COc1cc2nc(N(C)Cc3cccc(-n4c(O)ccc4O)c3)[nH]c(=O)c2c(C)c1OC. The average Bonchev–Trinajstić information content (AvgIpc) is 3.11. The second-order valence-electron chi connectivity index (χ2n) is 7.43. The van der Waals surface area contributed by atoms with Crippen LogP contribution < -0.4 is 19.9 Å². The second kappa shape index (κ2) is 8.18. The summed E-state index contributed by atoms with van der Waals surface area (Å²) in [5.41, 5.74) is 2.39. The molecule has 2 aromatic heterocycles. The molecule has 0 amide bonds. The number of aromatic hydroxyl groups is 2. The van der Waals surface area contributed by atoms with E-state index in [-0.39, 0.29) is 17.3 Å². The molecule has 166 valence electrons. The first-order valence-electron chi connectivity index (χ1n) is 9.89. The van der Waals surface area contributed by atoms with E-state index in [0.29, 0.717) is 46.1 Å². The van der Waals surface area contributed by atoms with Gasteiger partial charge in [0, 0.05) is 37.4 Å². The molecule has 0 fully saturated rings. The van der Waals surface area contributed by atoms with Gasteiger partial charge in [-0.1, -0.05) is 12.1 Å². The Morgan fingerprint density at radius 1 is 1.09 bits per heavy atom. The first-order valence-corrected chi connectivity index (χ1v) is 9.89. The molecule has 2 heterocycles. The number of hydrogen-bond acceptors (Lipinski definition) is 7. The quantitative estimate of drug-likeness (QED) is 0.426. The molecule has 0 aliphatic heterocycles. The van der Waals surface area contributed by atoms with Gasteiger partial charge in [0.1, 0.15) is 0 Å². The molecule has 0 aliphatic rings. The van der Waals surface area contributed by atoms with Gasteiger partial charge in [-0.15, -0.1) is 0 Å². The van der Waals surface area contributed by atoms with E-state index in [9.17, 15) is 15.0 Å². The fourth-order valence-electron chi connectivity index (χ4n) is 3.84. The fraction of sp³-hybridized carbons (Fsp3) is 0.217. The number of nitrogens with zero attached hydrogens (tertiary/aromatic N) is 3. The van der Waals surface area contributed by atoms with E-state index in [2.05, 4.69) is 9.97 Å². The number of hydrogen-bond donors (Lipinski definition) is 3. The summed E-state index contributed by atoms with van der Waals surface area (Å²) in [6, 6.07) is 11.9. The number of anilines is 1. The van der Waals surface area contributed by atoms with Crippen molar-refractivity contribution < 1.29 is 19.7 Å². The lowest BCUT2D eigenvalue weighted by Crippen LogP contribution is -2.23. The van der Waals surface area contributed by atoms with Crippen molar-refractivity contribution in [2.24, 2.45) is 0 Å². The van der Waals surface area contributed by atoms with Crippen molar-refractivity contribution in [2.45, 2.75) is 13.5 Å². The highest BCUT2D eigenvalue weighted by atomic mass is 16.5. The van der Waals surface area contributed by atoms with Crippen LogP contribution in [0, 0.1) is 6.92 Å². The summed E-state index contributed by atoms with van der Waals surface area (Å²) in [5, 5.41) is 20.4. The Morgan fingerprint density at radius 2 is 1.81 bits per heavy atom. The zero-order chi connectivity index (χ0) is 23.0. The van der Waals surface area contributed by atoms with E-state index in [4.69, 9.17) is 9.47 Å². The minimum Gasteiger partial charge on any atom is -0.494 e. The molecule has 0 radical (unpaired) electrons. The number of fused-ring (bicyclic) bond motifs is 1. The van der Waals surface area contributed by atoms with Crippen LogP contribution in [0.15, 0.2) is 47.3 Å². The molecule has 0 atom stereocenters. The maximum atomic E-state index is 12.9. The van der Waals surface area contributed by atoms with Gasteiger partial charge in [0.15, 0.2) is 23.3 Å². The zero-order valence-electron chi connectivity index (χ0n) is 18.2. The number of methoxy groups -OCH3 is 2. The molecular weight excluding hydrogens is 412 g/mol. The number of ether oxygens (including phenoxy) is 2. The van der Waals surface area contributed by atoms with Crippen LogP contribution in [0.5, 0.6) is 23.3 Å². The number of benzene rings is 2. The molecule has 3 N–H and O–H groups in total. The number of rotatable bonds is 6. The number of H-pyrrole nitrogens is 1. The Labute approximate surface area is 184 Å². The van der Waals surface area contributed by atoms with Gasteiger partial charge in [-0.05, 0) is 24.6 Å². The average molecular weight is 436 g/mol. The maximum Gasteiger partial charge on any atom is 0.260 e. The Bertz CT molecular complexity index is 1340. The third-order valence-corrected chi connectivity index (χ3v) is 5.36. The predicted molar refractivity (Wildman–Crippen MR) is 121 cm³/mol. The Balaban J connectivity index is 1.70. The Hall–Kier alpha value is -4.14. The lowest BCUT2D eigenvalue weighted by molar-refractivity contribution is 0.354. The van der Waals surface area contributed by atoms with Gasteiger partial charge in [0.05, 0.1) is 30.8 Å². The van der Waals surface area contributed by atoms with Crippen LogP contribution in [-0.2, 0) is 6.54 Å². The molecule has 9 nitrogen and oxygen atoms in total. The number of aryl methyl sites for hydroxylation is 1. The van der Waals surface area contributed by atoms with Gasteiger partial charge in [-0.2, -0.15) is 0 Å². The van der Waals surface area contributed by atoms with Crippen LogP contribution in [0.1, 0.15) is 11.1 Å². The van der Waals surface area contributed by atoms with E-state index in [1.807, 2.05) is 25.2 Å². The van der Waals surface area contributed by atoms with Crippen LogP contribution in [0.2, 0.25) is 0 Å². The number of aromatic amines is 1. The molecule has 4 aromatic rings. The summed E-state index contributed by atoms with van der Waals surface area (Å²) in [6.45, 7) is 2.22. The highest BCUT2D eigenvalue weighted by Gasteiger charge is 2.17. The molecule has 0 spiro atoms. The Kier molecular flexibility index (Phi) is 5.40. The third-order valence-electron chi connectivity index (χ3n) is 5.36. The van der Waals surface area contributed by atoms with Crippen LogP contribution >= 0.6 is 0 Å². The Morgan fingerprint density at radius 3 is 2.47 bits per heavy atom. The minimum absolute atomic E-state index is 0.0618. The topological polar surface area (TPSA) is 113 Å². The van der Waals surface area contributed by atoms with Crippen molar-refractivity contribution in [3.63, 3.8) is 0 Å². The van der Waals surface area contributed by atoms with Crippen LogP contribution in [-0.4, -0.2) is 46.0 Å². The van der Waals surface area contributed by atoms with Crippen LogP contribution in [0.3, 0.4) is 0 Å². The fourth-order valence-corrected chi connectivity index (χ4v) is 3.84. The van der Waals surface area contributed by atoms with Gasteiger partial charge in [0.25, 0.3) is 5.56 Å². The standard InChI is InChI=1S/C23H24N4O5/c1-13-20-16(11-17(31-3)21(13)32-4)24-23(25-22(20)30)26(2)12-14-6-5-7-15(10-14)27-18(28)8-9-19(27)29/h5-11,28-29H,12H2,1-4H3,(H,24,25,30). The highest BCUT2D eigenvalue weighted by molar-refractivity contribution is 5.86. The van der Waals surface area contributed by atoms with Crippen LogP contribution in [0.4, 0.5) is 5.95 Å². The van der Waals surface area contributed by atoms with Gasteiger partial charge < -0.3 is 24.6 Å². The molecule has 0 aliphatic carbocycles. The van der Waals surface area contributed by atoms with Crippen molar-refractivity contribution in [3.8, 4) is 28.9 Å². The predicted octanol–water partition coefficient (Wildman–Crippen LogP) is 3.09. The molecule has 32 heavy (non-hydrogen) atoms. The van der Waals surface area contributed by atoms with Crippen molar-refractivity contribution in [3.05, 3.63) is 63.9 Å². The van der Waals surface area contributed by atoms with E-state index in [1.165, 1.54) is 30.9 Å². The first kappa shape index (κ1) is 21.1. The summed E-state index contributed by atoms with van der Waals surface area (Å²) in [6.07, 6.45) is 0. The van der Waals surface area contributed by atoms with Crippen molar-refractivity contribution in [1.29, 1.82) is 0 Å². The molecule has 0 saturated carbocycles. The summed E-state index contributed by atoms with van der Waals surface area (Å²) >= 11 is 0. The van der Waals surface area contributed by atoms with Crippen molar-refractivity contribution in [1.82, 2.24) is 14.5 Å². The molecule has 0 saturated heterocycles. The van der Waals surface area contributed by atoms with Crippen molar-refractivity contribution in [2.75, 3.05) is 26.2 Å². The highest BCUT2D eigenvalue weighted by Crippen LogP contribution is 2.35. The summed E-state index contributed by atoms with van der Waals surface area (Å²) < 4.78 is 12.1. The molecular formula is C23H24N4O5. The summed E-state index contributed by atoms with van der Waals surface area (Å²) in [5.74, 6) is 1.28. The smallest absolute Gasteiger partial charge is 0.260 e. The molecule has 2 aromatic carbocycles. The molecule has 9 heteroatoms. The maximum absolute atomic E-state index is 12.9. The monoisotopic (exact) mass is 436 g/mol. The number of nitrogens with one attached hydrogen (secondary N) is 1. The van der Waals surface area contributed by atoms with E-state index < -0.39 is 0 Å². The molecule has 0 unspecified atom stereocenters. The lowest BCUT2D eigenvalue weighted by Gasteiger charge is -2.19. The van der Waals surface area contributed by atoms with E-state index in [0.717, 1.165) is 5.56 Å². The molecule has 0 bridgehead atoms. The summed E-state index contributed by atoms with van der Waals surface area (Å²) in [7, 11) is 4.88. The largest absolute Gasteiger partial charge is 0.494 e. The lowest BCUT2D eigenvalue weighted by atomic mass is 10.1. The van der Waals surface area contributed by atoms with Gasteiger partial charge in [-0.25, -0.2) is 4.98 Å². The van der Waals surface area contributed by atoms with Gasteiger partial charge in [0.2, 0.25) is 5.95 Å². The van der Waals surface area contributed by atoms with E-state index in [1.54, 1.807) is 24.0 Å². The zero-order valence-corrected chi connectivity index (χ0v) is 18.2. The van der Waals surface area contributed by atoms with E-state index >= 15 is 0 Å². The first-order chi connectivity index (χ1) is 15.3.